The Morgan fingerprint density at radius 3 is 2.52 bits per heavy atom. The number of nitrogens with zero attached hydrogens (tertiary/aromatic N) is 4. The predicted octanol–water partition coefficient (Wildman–Crippen LogP) is 4.42. The van der Waals surface area contributed by atoms with Gasteiger partial charge in [-0.1, -0.05) is 53.7 Å². The minimum Gasteiger partial charge on any atom is -0.497 e. The highest BCUT2D eigenvalue weighted by atomic mass is 16.5. The van der Waals surface area contributed by atoms with Crippen LogP contribution in [0.5, 0.6) is 5.75 Å². The molecule has 0 aliphatic heterocycles. The molecule has 0 amide bonds. The average molecular weight is 410 g/mol. The third kappa shape index (κ3) is 3.26. The fourth-order valence-electron chi connectivity index (χ4n) is 3.52. The van der Waals surface area contributed by atoms with Crippen LogP contribution >= 0.6 is 0 Å². The first-order valence-electron chi connectivity index (χ1n) is 9.72. The molecular formula is C24H18N4O3. The standard InChI is InChI=1S/C24H18N4O3/c1-15-8-3-4-11-18(15)22-25-23(31-27-22)21-19-12-5-6-13-20(19)24(29)28(26-21)16-9-7-10-17(14-16)30-2/h3-14H,1-2H3. The quantitative estimate of drug-likeness (QED) is 0.436. The van der Waals surface area contributed by atoms with Crippen LogP contribution in [0.1, 0.15) is 5.56 Å². The normalized spacial score (nSPS) is 11.0. The van der Waals surface area contributed by atoms with Crippen molar-refractivity contribution in [2.75, 3.05) is 7.11 Å². The number of fused-ring (bicyclic) bond motifs is 1. The highest BCUT2D eigenvalue weighted by Gasteiger charge is 2.19. The molecule has 7 heteroatoms. The molecule has 3 aromatic carbocycles. The number of aromatic nitrogens is 4. The smallest absolute Gasteiger partial charge is 0.279 e. The highest BCUT2D eigenvalue weighted by Crippen LogP contribution is 2.28. The summed E-state index contributed by atoms with van der Waals surface area (Å²) in [5, 5.41) is 9.90. The molecular weight excluding hydrogens is 392 g/mol. The van der Waals surface area contributed by atoms with Crippen LogP contribution in [-0.4, -0.2) is 27.0 Å². The summed E-state index contributed by atoms with van der Waals surface area (Å²) < 4.78 is 12.2. The first-order valence-corrected chi connectivity index (χ1v) is 9.72. The molecule has 152 valence electrons. The second-order valence-electron chi connectivity index (χ2n) is 7.05. The lowest BCUT2D eigenvalue weighted by Gasteiger charge is -2.10. The van der Waals surface area contributed by atoms with Crippen LogP contribution in [0.3, 0.4) is 0 Å². The van der Waals surface area contributed by atoms with E-state index >= 15 is 0 Å². The van der Waals surface area contributed by atoms with Gasteiger partial charge in [0.15, 0.2) is 5.69 Å². The Kier molecular flexibility index (Phi) is 4.55. The lowest BCUT2D eigenvalue weighted by Crippen LogP contribution is -2.22. The molecule has 0 bridgehead atoms. The zero-order valence-corrected chi connectivity index (χ0v) is 16.9. The van der Waals surface area contributed by atoms with E-state index in [4.69, 9.17) is 9.26 Å². The molecule has 0 saturated carbocycles. The van der Waals surface area contributed by atoms with Gasteiger partial charge in [-0.3, -0.25) is 4.79 Å². The molecule has 0 fully saturated rings. The summed E-state index contributed by atoms with van der Waals surface area (Å²) in [7, 11) is 1.58. The van der Waals surface area contributed by atoms with Crippen LogP contribution < -0.4 is 10.3 Å². The van der Waals surface area contributed by atoms with Crippen LogP contribution in [0, 0.1) is 6.92 Å². The largest absolute Gasteiger partial charge is 0.497 e. The molecule has 2 aromatic heterocycles. The van der Waals surface area contributed by atoms with Gasteiger partial charge in [-0.05, 0) is 30.7 Å². The van der Waals surface area contributed by atoms with Gasteiger partial charge in [0.05, 0.1) is 18.2 Å². The fraction of sp³-hybridized carbons (Fsp3) is 0.0833. The van der Waals surface area contributed by atoms with E-state index < -0.39 is 0 Å². The monoisotopic (exact) mass is 410 g/mol. The maximum Gasteiger partial charge on any atom is 0.279 e. The molecule has 0 radical (unpaired) electrons. The van der Waals surface area contributed by atoms with Gasteiger partial charge in [0.2, 0.25) is 5.82 Å². The Morgan fingerprint density at radius 1 is 0.935 bits per heavy atom. The number of ether oxygens (including phenoxy) is 1. The molecule has 0 aliphatic rings. The molecule has 7 nitrogen and oxygen atoms in total. The van der Waals surface area contributed by atoms with E-state index in [9.17, 15) is 4.79 Å². The first kappa shape index (κ1) is 18.7. The summed E-state index contributed by atoms with van der Waals surface area (Å²) >= 11 is 0. The van der Waals surface area contributed by atoms with Crippen molar-refractivity contribution in [3.63, 3.8) is 0 Å². The van der Waals surface area contributed by atoms with Crippen molar-refractivity contribution >= 4 is 10.8 Å². The summed E-state index contributed by atoms with van der Waals surface area (Å²) in [4.78, 5) is 17.8. The number of hydrogen-bond acceptors (Lipinski definition) is 6. The fourth-order valence-corrected chi connectivity index (χ4v) is 3.52. The molecule has 0 unspecified atom stereocenters. The highest BCUT2D eigenvalue weighted by molar-refractivity contribution is 5.92. The molecule has 2 heterocycles. The van der Waals surface area contributed by atoms with Crippen molar-refractivity contribution in [3.05, 3.63) is 88.7 Å². The summed E-state index contributed by atoms with van der Waals surface area (Å²) in [6.45, 7) is 1.99. The maximum atomic E-state index is 13.2. The van der Waals surface area contributed by atoms with Gasteiger partial charge < -0.3 is 9.26 Å². The molecule has 5 rings (SSSR count). The van der Waals surface area contributed by atoms with Gasteiger partial charge in [0, 0.05) is 17.0 Å². The zero-order valence-electron chi connectivity index (χ0n) is 16.9. The summed E-state index contributed by atoms with van der Waals surface area (Å²) in [5.74, 6) is 1.34. The van der Waals surface area contributed by atoms with E-state index in [2.05, 4.69) is 15.2 Å². The second-order valence-corrected chi connectivity index (χ2v) is 7.05. The molecule has 0 N–H and O–H groups in total. The van der Waals surface area contributed by atoms with E-state index in [1.54, 1.807) is 31.4 Å². The van der Waals surface area contributed by atoms with Crippen molar-refractivity contribution < 1.29 is 9.26 Å². The third-order valence-electron chi connectivity index (χ3n) is 5.12. The number of aryl methyl sites for hydroxylation is 1. The van der Waals surface area contributed by atoms with E-state index in [0.717, 1.165) is 11.1 Å². The second kappa shape index (κ2) is 7.53. The molecule has 0 aliphatic carbocycles. The molecule has 5 aromatic rings. The van der Waals surface area contributed by atoms with Crippen LogP contribution in [0.4, 0.5) is 0 Å². The van der Waals surface area contributed by atoms with Crippen molar-refractivity contribution in [1.82, 2.24) is 19.9 Å². The Labute approximate surface area is 177 Å². The van der Waals surface area contributed by atoms with E-state index in [0.29, 0.717) is 33.7 Å². The van der Waals surface area contributed by atoms with Gasteiger partial charge in [-0.15, -0.1) is 0 Å². The summed E-state index contributed by atoms with van der Waals surface area (Å²) in [6, 6.07) is 22.2. The third-order valence-corrected chi connectivity index (χ3v) is 5.12. The van der Waals surface area contributed by atoms with Crippen LogP contribution in [0.25, 0.3) is 39.4 Å². The topological polar surface area (TPSA) is 83.0 Å². The molecule has 0 spiro atoms. The SMILES string of the molecule is COc1cccc(-n2nc(-c3nc(-c4ccccc4C)no3)c3ccccc3c2=O)c1. The average Bonchev–Trinajstić information content (AvgIpc) is 3.29. The number of hydrogen-bond donors (Lipinski definition) is 0. The number of rotatable bonds is 4. The van der Waals surface area contributed by atoms with Gasteiger partial charge in [0.25, 0.3) is 11.4 Å². The van der Waals surface area contributed by atoms with E-state index in [1.165, 1.54) is 4.68 Å². The number of methoxy groups -OCH3 is 1. The minimum absolute atomic E-state index is 0.242. The van der Waals surface area contributed by atoms with E-state index in [-0.39, 0.29) is 11.4 Å². The number of benzene rings is 3. The van der Waals surface area contributed by atoms with Crippen molar-refractivity contribution in [1.29, 1.82) is 0 Å². The van der Waals surface area contributed by atoms with Crippen molar-refractivity contribution in [2.45, 2.75) is 6.92 Å². The Balaban J connectivity index is 1.73. The van der Waals surface area contributed by atoms with Crippen LogP contribution in [0.15, 0.2) is 82.1 Å². The van der Waals surface area contributed by atoms with Crippen LogP contribution in [0.2, 0.25) is 0 Å². The first-order chi connectivity index (χ1) is 15.2. The van der Waals surface area contributed by atoms with Gasteiger partial charge in [-0.25, -0.2) is 0 Å². The van der Waals surface area contributed by atoms with Gasteiger partial charge in [0.1, 0.15) is 5.75 Å². The predicted molar refractivity (Wildman–Crippen MR) is 117 cm³/mol. The van der Waals surface area contributed by atoms with Crippen molar-refractivity contribution in [2.24, 2.45) is 0 Å². The van der Waals surface area contributed by atoms with E-state index in [1.807, 2.05) is 55.5 Å². The Morgan fingerprint density at radius 2 is 1.71 bits per heavy atom. The summed E-state index contributed by atoms with van der Waals surface area (Å²) in [6.07, 6.45) is 0. The zero-order chi connectivity index (χ0) is 21.4. The molecule has 0 atom stereocenters. The maximum absolute atomic E-state index is 13.2. The Bertz CT molecular complexity index is 1470. The molecule has 0 saturated heterocycles. The lowest BCUT2D eigenvalue weighted by molar-refractivity contribution is 0.414. The molecule has 31 heavy (non-hydrogen) atoms. The minimum atomic E-state index is -0.244. The van der Waals surface area contributed by atoms with Gasteiger partial charge >= 0.3 is 0 Å². The van der Waals surface area contributed by atoms with Gasteiger partial charge in [-0.2, -0.15) is 14.8 Å². The van der Waals surface area contributed by atoms with Crippen molar-refractivity contribution in [3.8, 4) is 34.4 Å². The Hall–Kier alpha value is -4.26. The summed E-state index contributed by atoms with van der Waals surface area (Å²) in [5.41, 5.74) is 2.68. The lowest BCUT2D eigenvalue weighted by atomic mass is 10.1. The van der Waals surface area contributed by atoms with Crippen LogP contribution in [-0.2, 0) is 0 Å².